The van der Waals surface area contributed by atoms with E-state index in [1.54, 1.807) is 0 Å². The molecule has 3 rings (SSSR count). The minimum Gasteiger partial charge on any atom is -0.362 e. The molecule has 1 saturated carbocycles. The van der Waals surface area contributed by atoms with E-state index in [4.69, 9.17) is 4.74 Å². The standard InChI is InChI=1S/C9H12N2O3/c12-7-3-14-4-8(13)11(7)9-5-1-10-2-6(5)9/h5-6,9-10H,1-4H2. The second-order valence-electron chi connectivity index (χ2n) is 4.13. The molecule has 0 aromatic rings. The Bertz CT molecular complexity index is 278. The summed E-state index contributed by atoms with van der Waals surface area (Å²) in [6.07, 6.45) is 0. The van der Waals surface area contributed by atoms with Gasteiger partial charge in [0, 0.05) is 19.1 Å². The molecule has 0 bridgehead atoms. The predicted molar refractivity (Wildman–Crippen MR) is 46.3 cm³/mol. The molecule has 2 amide bonds. The highest BCUT2D eigenvalue weighted by Gasteiger charge is 2.59. The number of hydrogen-bond acceptors (Lipinski definition) is 4. The zero-order chi connectivity index (χ0) is 9.71. The number of fused-ring (bicyclic) bond motifs is 1. The Hall–Kier alpha value is -0.940. The Morgan fingerprint density at radius 1 is 1.14 bits per heavy atom. The van der Waals surface area contributed by atoms with Crippen molar-refractivity contribution >= 4 is 11.8 Å². The molecule has 0 aromatic heterocycles. The van der Waals surface area contributed by atoms with Crippen molar-refractivity contribution in [2.45, 2.75) is 6.04 Å². The fraction of sp³-hybridized carbons (Fsp3) is 0.778. The average Bonchev–Trinajstić information content (AvgIpc) is 2.62. The largest absolute Gasteiger partial charge is 0.362 e. The number of nitrogens with one attached hydrogen (secondary N) is 1. The lowest BCUT2D eigenvalue weighted by molar-refractivity contribution is -0.159. The molecule has 76 valence electrons. The van der Waals surface area contributed by atoms with Crippen LogP contribution in [0.1, 0.15) is 0 Å². The van der Waals surface area contributed by atoms with E-state index in [0.717, 1.165) is 13.1 Å². The molecule has 3 aliphatic rings. The van der Waals surface area contributed by atoms with Crippen LogP contribution in [0.15, 0.2) is 0 Å². The second kappa shape index (κ2) is 2.77. The summed E-state index contributed by atoms with van der Waals surface area (Å²) in [5.41, 5.74) is 0. The molecule has 3 fully saturated rings. The molecular weight excluding hydrogens is 184 g/mol. The van der Waals surface area contributed by atoms with Crippen LogP contribution in [0.3, 0.4) is 0 Å². The van der Waals surface area contributed by atoms with Gasteiger partial charge in [-0.2, -0.15) is 0 Å². The van der Waals surface area contributed by atoms with Crippen molar-refractivity contribution in [2.75, 3.05) is 26.3 Å². The van der Waals surface area contributed by atoms with Crippen molar-refractivity contribution in [1.82, 2.24) is 10.2 Å². The molecule has 2 unspecified atom stereocenters. The van der Waals surface area contributed by atoms with Crippen LogP contribution in [-0.2, 0) is 14.3 Å². The van der Waals surface area contributed by atoms with Gasteiger partial charge in [-0.1, -0.05) is 0 Å². The maximum atomic E-state index is 11.5. The highest BCUT2D eigenvalue weighted by atomic mass is 16.5. The summed E-state index contributed by atoms with van der Waals surface area (Å²) in [5, 5.41) is 3.24. The lowest BCUT2D eigenvalue weighted by Gasteiger charge is -2.26. The van der Waals surface area contributed by atoms with Gasteiger partial charge >= 0.3 is 0 Å². The van der Waals surface area contributed by atoms with Gasteiger partial charge in [0.25, 0.3) is 11.8 Å². The quantitative estimate of drug-likeness (QED) is 0.523. The monoisotopic (exact) mass is 196 g/mol. The number of rotatable bonds is 1. The molecule has 2 atom stereocenters. The predicted octanol–water partition coefficient (Wildman–Crippen LogP) is -1.41. The average molecular weight is 196 g/mol. The first-order valence-corrected chi connectivity index (χ1v) is 4.92. The van der Waals surface area contributed by atoms with E-state index in [2.05, 4.69) is 5.32 Å². The Morgan fingerprint density at radius 2 is 1.71 bits per heavy atom. The first-order valence-electron chi connectivity index (χ1n) is 4.92. The van der Waals surface area contributed by atoms with Crippen molar-refractivity contribution in [3.63, 3.8) is 0 Å². The van der Waals surface area contributed by atoms with E-state index < -0.39 is 0 Å². The Labute approximate surface area is 81.4 Å². The summed E-state index contributed by atoms with van der Waals surface area (Å²) in [6, 6.07) is 0.167. The first kappa shape index (κ1) is 8.38. The molecule has 0 radical (unpaired) electrons. The van der Waals surface area contributed by atoms with Crippen LogP contribution in [0.5, 0.6) is 0 Å². The zero-order valence-corrected chi connectivity index (χ0v) is 7.73. The van der Waals surface area contributed by atoms with Gasteiger partial charge in [0.05, 0.1) is 0 Å². The molecule has 0 spiro atoms. The second-order valence-corrected chi connectivity index (χ2v) is 4.13. The normalized spacial score (nSPS) is 41.4. The van der Waals surface area contributed by atoms with Crippen molar-refractivity contribution in [3.05, 3.63) is 0 Å². The van der Waals surface area contributed by atoms with Crippen molar-refractivity contribution in [3.8, 4) is 0 Å². The third-order valence-corrected chi connectivity index (χ3v) is 3.33. The fourth-order valence-electron chi connectivity index (χ4n) is 2.60. The molecule has 0 aromatic carbocycles. The van der Waals surface area contributed by atoms with Gasteiger partial charge in [-0.15, -0.1) is 0 Å². The highest BCUT2D eigenvalue weighted by Crippen LogP contribution is 2.46. The molecule has 1 aliphatic carbocycles. The van der Waals surface area contributed by atoms with Gasteiger partial charge in [-0.3, -0.25) is 14.5 Å². The number of piperidine rings is 1. The van der Waals surface area contributed by atoms with Crippen LogP contribution in [0.25, 0.3) is 0 Å². The molecular formula is C9H12N2O3. The van der Waals surface area contributed by atoms with E-state index in [-0.39, 0.29) is 31.1 Å². The third-order valence-electron chi connectivity index (χ3n) is 3.33. The van der Waals surface area contributed by atoms with Crippen molar-refractivity contribution < 1.29 is 14.3 Å². The third kappa shape index (κ3) is 1.02. The smallest absolute Gasteiger partial charge is 0.255 e. The highest BCUT2D eigenvalue weighted by molar-refractivity contribution is 5.99. The molecule has 14 heavy (non-hydrogen) atoms. The summed E-state index contributed by atoms with van der Waals surface area (Å²) < 4.78 is 4.87. The number of morpholine rings is 1. The fourth-order valence-corrected chi connectivity index (χ4v) is 2.60. The zero-order valence-electron chi connectivity index (χ0n) is 7.73. The maximum Gasteiger partial charge on any atom is 0.255 e. The lowest BCUT2D eigenvalue weighted by atomic mass is 10.3. The topological polar surface area (TPSA) is 58.6 Å². The number of imide groups is 1. The Kier molecular flexibility index (Phi) is 1.66. The van der Waals surface area contributed by atoms with E-state index in [1.807, 2.05) is 0 Å². The Balaban J connectivity index is 1.77. The number of ether oxygens (including phenoxy) is 1. The molecule has 2 heterocycles. The van der Waals surface area contributed by atoms with Crippen LogP contribution >= 0.6 is 0 Å². The number of hydrogen-bond donors (Lipinski definition) is 1. The van der Waals surface area contributed by atoms with Crippen LogP contribution in [-0.4, -0.2) is 49.1 Å². The summed E-state index contributed by atoms with van der Waals surface area (Å²) in [7, 11) is 0. The summed E-state index contributed by atoms with van der Waals surface area (Å²) >= 11 is 0. The minimum absolute atomic E-state index is 0.0646. The maximum absolute atomic E-state index is 11.5. The number of carbonyl (C=O) groups excluding carboxylic acids is 2. The first-order chi connectivity index (χ1) is 6.79. The summed E-state index contributed by atoms with van der Waals surface area (Å²) in [4.78, 5) is 24.4. The van der Waals surface area contributed by atoms with E-state index in [1.165, 1.54) is 4.90 Å². The van der Waals surface area contributed by atoms with Gasteiger partial charge in [0.2, 0.25) is 0 Å². The van der Waals surface area contributed by atoms with E-state index in [9.17, 15) is 9.59 Å². The van der Waals surface area contributed by atoms with Crippen LogP contribution in [0.4, 0.5) is 0 Å². The molecule has 5 heteroatoms. The summed E-state index contributed by atoms with van der Waals surface area (Å²) in [6.45, 7) is 2.00. The molecule has 2 aliphatic heterocycles. The van der Waals surface area contributed by atoms with Crippen LogP contribution in [0.2, 0.25) is 0 Å². The van der Waals surface area contributed by atoms with Gasteiger partial charge in [0.1, 0.15) is 13.2 Å². The minimum atomic E-state index is -0.166. The van der Waals surface area contributed by atoms with Crippen molar-refractivity contribution in [1.29, 1.82) is 0 Å². The van der Waals surface area contributed by atoms with E-state index in [0.29, 0.717) is 11.8 Å². The van der Waals surface area contributed by atoms with Gasteiger partial charge in [0.15, 0.2) is 0 Å². The van der Waals surface area contributed by atoms with Crippen molar-refractivity contribution in [2.24, 2.45) is 11.8 Å². The summed E-state index contributed by atoms with van der Waals surface area (Å²) in [5.74, 6) is 0.670. The SMILES string of the molecule is O=C1COCC(=O)N1C1C2CNCC21. The van der Waals surface area contributed by atoms with Gasteiger partial charge < -0.3 is 10.1 Å². The number of carbonyl (C=O) groups is 2. The lowest BCUT2D eigenvalue weighted by Crippen LogP contribution is -2.49. The van der Waals surface area contributed by atoms with E-state index >= 15 is 0 Å². The molecule has 2 saturated heterocycles. The molecule has 5 nitrogen and oxygen atoms in total. The van der Waals surface area contributed by atoms with Gasteiger partial charge in [-0.25, -0.2) is 0 Å². The van der Waals surface area contributed by atoms with Gasteiger partial charge in [-0.05, 0) is 11.8 Å². The van der Waals surface area contributed by atoms with Crippen LogP contribution < -0.4 is 5.32 Å². The van der Waals surface area contributed by atoms with Crippen LogP contribution in [0, 0.1) is 11.8 Å². The number of amides is 2. The molecule has 1 N–H and O–H groups in total. The number of nitrogens with zero attached hydrogens (tertiary/aromatic N) is 1. The Morgan fingerprint density at radius 3 is 2.29 bits per heavy atom.